The van der Waals surface area contributed by atoms with Crippen molar-refractivity contribution in [1.29, 1.82) is 0 Å². The van der Waals surface area contributed by atoms with Gasteiger partial charge in [0.1, 0.15) is 5.75 Å². The van der Waals surface area contributed by atoms with Crippen LogP contribution >= 0.6 is 0 Å². The van der Waals surface area contributed by atoms with Gasteiger partial charge in [0, 0.05) is 25.6 Å². The smallest absolute Gasteiger partial charge is 0.317 e. The minimum atomic E-state index is -0.806. The van der Waals surface area contributed by atoms with Gasteiger partial charge in [-0.25, -0.2) is 0 Å². The van der Waals surface area contributed by atoms with Crippen molar-refractivity contribution >= 4 is 11.9 Å². The van der Waals surface area contributed by atoms with E-state index in [0.717, 1.165) is 43.5 Å². The summed E-state index contributed by atoms with van der Waals surface area (Å²) in [5.41, 5.74) is 1.13. The predicted molar refractivity (Wildman–Crippen MR) is 105 cm³/mol. The van der Waals surface area contributed by atoms with E-state index in [-0.39, 0.29) is 24.4 Å². The van der Waals surface area contributed by atoms with E-state index in [4.69, 9.17) is 9.84 Å². The van der Waals surface area contributed by atoms with E-state index < -0.39 is 5.97 Å². The van der Waals surface area contributed by atoms with Gasteiger partial charge >= 0.3 is 5.97 Å². The van der Waals surface area contributed by atoms with Crippen molar-refractivity contribution in [3.05, 3.63) is 29.8 Å². The number of carboxylic acids is 1. The largest absolute Gasteiger partial charge is 0.496 e. The molecule has 2 rings (SSSR count). The molecule has 0 aromatic heterocycles. The van der Waals surface area contributed by atoms with E-state index in [0.29, 0.717) is 13.0 Å². The molecule has 1 amide bonds. The first kappa shape index (κ1) is 21.2. The number of nitrogens with zero attached hydrogens (tertiary/aromatic N) is 2. The second kappa shape index (κ2) is 10.3. The first-order chi connectivity index (χ1) is 12.9. The van der Waals surface area contributed by atoms with Crippen LogP contribution in [0, 0.1) is 5.92 Å². The van der Waals surface area contributed by atoms with Crippen molar-refractivity contribution in [2.24, 2.45) is 5.92 Å². The molecule has 6 nitrogen and oxygen atoms in total. The third-order valence-electron chi connectivity index (χ3n) is 5.34. The molecule has 0 radical (unpaired) electrons. The summed E-state index contributed by atoms with van der Waals surface area (Å²) in [6.45, 7) is 3.62. The zero-order chi connectivity index (χ0) is 19.8. The maximum absolute atomic E-state index is 12.7. The van der Waals surface area contributed by atoms with E-state index in [1.807, 2.05) is 35.0 Å². The molecule has 0 bridgehead atoms. The average molecular weight is 376 g/mol. The Morgan fingerprint density at radius 2 is 2.04 bits per heavy atom. The van der Waals surface area contributed by atoms with Gasteiger partial charge in [0.15, 0.2) is 0 Å². The quantitative estimate of drug-likeness (QED) is 0.755. The predicted octanol–water partition coefficient (Wildman–Crippen LogP) is 2.66. The van der Waals surface area contributed by atoms with E-state index in [9.17, 15) is 9.59 Å². The lowest BCUT2D eigenvalue weighted by atomic mass is 9.97. The highest BCUT2D eigenvalue weighted by Gasteiger charge is 2.25. The molecule has 2 unspecified atom stereocenters. The molecule has 1 fully saturated rings. The zero-order valence-electron chi connectivity index (χ0n) is 16.7. The van der Waals surface area contributed by atoms with Gasteiger partial charge in [0.2, 0.25) is 5.91 Å². The van der Waals surface area contributed by atoms with Crippen LogP contribution in [0.25, 0.3) is 0 Å². The number of hydrogen-bond acceptors (Lipinski definition) is 4. The summed E-state index contributed by atoms with van der Waals surface area (Å²) >= 11 is 0. The lowest BCUT2D eigenvalue weighted by Gasteiger charge is -2.26. The Kier molecular flexibility index (Phi) is 8.10. The Hall–Kier alpha value is -2.08. The van der Waals surface area contributed by atoms with Crippen molar-refractivity contribution in [2.45, 2.75) is 45.1 Å². The highest BCUT2D eigenvalue weighted by Crippen LogP contribution is 2.23. The molecule has 1 saturated heterocycles. The summed E-state index contributed by atoms with van der Waals surface area (Å²) < 4.78 is 5.40. The summed E-state index contributed by atoms with van der Waals surface area (Å²) in [7, 11) is 3.52. The van der Waals surface area contributed by atoms with Crippen LogP contribution in [0.3, 0.4) is 0 Å². The number of likely N-dealkylation sites (N-methyl/N-ethyl adjacent to an activating group) is 1. The van der Waals surface area contributed by atoms with E-state index >= 15 is 0 Å². The number of rotatable bonds is 8. The number of methoxy groups -OCH3 is 1. The Morgan fingerprint density at radius 3 is 2.74 bits per heavy atom. The molecule has 1 aliphatic rings. The molecule has 2 atom stereocenters. The van der Waals surface area contributed by atoms with Crippen molar-refractivity contribution in [2.75, 3.05) is 33.8 Å². The van der Waals surface area contributed by atoms with E-state index in [2.05, 4.69) is 13.0 Å². The van der Waals surface area contributed by atoms with Crippen LogP contribution in [0.1, 0.15) is 38.2 Å². The molecular weight excluding hydrogens is 344 g/mol. The topological polar surface area (TPSA) is 70.1 Å². The molecule has 6 heteroatoms. The van der Waals surface area contributed by atoms with Gasteiger partial charge in [-0.15, -0.1) is 0 Å². The molecule has 1 aromatic carbocycles. The highest BCUT2D eigenvalue weighted by molar-refractivity contribution is 5.76. The number of carbonyl (C=O) groups excluding carboxylic acids is 1. The van der Waals surface area contributed by atoms with Crippen LogP contribution < -0.4 is 4.74 Å². The second-order valence-electron chi connectivity index (χ2n) is 7.60. The fraction of sp³-hybridized carbons (Fsp3) is 0.619. The van der Waals surface area contributed by atoms with Crippen molar-refractivity contribution in [3.8, 4) is 5.75 Å². The van der Waals surface area contributed by atoms with Crippen LogP contribution in [0.15, 0.2) is 24.3 Å². The van der Waals surface area contributed by atoms with Crippen molar-refractivity contribution < 1.29 is 19.4 Å². The number of amides is 1. The standard InChI is InChI=1S/C21H32N2O4/c1-16(13-17-7-4-5-9-19(17)27-3)14-20(24)23-11-6-8-18(10-12-23)22(2)15-21(25)26/h4-5,7,9,16,18H,6,8,10-15H2,1-3H3,(H,25,26). The maximum Gasteiger partial charge on any atom is 0.317 e. The number of carbonyl (C=O) groups is 2. The fourth-order valence-electron chi connectivity index (χ4n) is 3.86. The summed E-state index contributed by atoms with van der Waals surface area (Å²) in [6.07, 6.45) is 4.02. The lowest BCUT2D eigenvalue weighted by Crippen LogP contribution is -2.37. The van der Waals surface area contributed by atoms with Gasteiger partial charge in [0.25, 0.3) is 0 Å². The number of carboxylic acid groups (broad SMARTS) is 1. The molecule has 0 aliphatic carbocycles. The van der Waals surface area contributed by atoms with Crippen LogP contribution in [-0.4, -0.2) is 66.6 Å². The van der Waals surface area contributed by atoms with Crippen LogP contribution in [0.2, 0.25) is 0 Å². The number of ether oxygens (including phenoxy) is 1. The van der Waals surface area contributed by atoms with Crippen molar-refractivity contribution in [3.63, 3.8) is 0 Å². The number of hydrogen-bond donors (Lipinski definition) is 1. The van der Waals surface area contributed by atoms with Gasteiger partial charge in [-0.05, 0) is 50.3 Å². The third kappa shape index (κ3) is 6.54. The van der Waals surface area contributed by atoms with Gasteiger partial charge in [0.05, 0.1) is 13.7 Å². The van der Waals surface area contributed by atoms with Gasteiger partial charge in [-0.2, -0.15) is 0 Å². The SMILES string of the molecule is COc1ccccc1CC(C)CC(=O)N1CCCC(N(C)CC(=O)O)CC1. The van der Waals surface area contributed by atoms with Crippen molar-refractivity contribution in [1.82, 2.24) is 9.80 Å². The van der Waals surface area contributed by atoms with Crippen LogP contribution in [0.5, 0.6) is 5.75 Å². The minimum Gasteiger partial charge on any atom is -0.496 e. The molecule has 1 aromatic rings. The number of benzene rings is 1. The van der Waals surface area contributed by atoms with Gasteiger partial charge in [-0.1, -0.05) is 25.1 Å². The molecular formula is C21H32N2O4. The number of aliphatic carboxylic acids is 1. The Labute approximate surface area is 162 Å². The van der Waals surface area contributed by atoms with Crippen LogP contribution in [-0.2, 0) is 16.0 Å². The zero-order valence-corrected chi connectivity index (χ0v) is 16.7. The highest BCUT2D eigenvalue weighted by atomic mass is 16.5. The number of para-hydroxylation sites is 1. The monoisotopic (exact) mass is 376 g/mol. The molecule has 0 spiro atoms. The summed E-state index contributed by atoms with van der Waals surface area (Å²) in [5, 5.41) is 8.97. The number of likely N-dealkylation sites (tertiary alicyclic amines) is 1. The first-order valence-electron chi connectivity index (χ1n) is 9.72. The molecule has 1 aliphatic heterocycles. The Bertz CT molecular complexity index is 634. The summed E-state index contributed by atoms with van der Waals surface area (Å²) in [4.78, 5) is 27.5. The fourth-order valence-corrected chi connectivity index (χ4v) is 3.86. The molecule has 0 saturated carbocycles. The minimum absolute atomic E-state index is 0.0502. The molecule has 1 N–H and O–H groups in total. The second-order valence-corrected chi connectivity index (χ2v) is 7.60. The molecule has 1 heterocycles. The Balaban J connectivity index is 1.85. The lowest BCUT2D eigenvalue weighted by molar-refractivity contribution is -0.138. The summed E-state index contributed by atoms with van der Waals surface area (Å²) in [6, 6.07) is 8.17. The molecule has 150 valence electrons. The molecule has 27 heavy (non-hydrogen) atoms. The third-order valence-corrected chi connectivity index (χ3v) is 5.34. The Morgan fingerprint density at radius 1 is 1.30 bits per heavy atom. The van der Waals surface area contributed by atoms with Gasteiger partial charge in [-0.3, -0.25) is 14.5 Å². The maximum atomic E-state index is 12.7. The van der Waals surface area contributed by atoms with E-state index in [1.54, 1.807) is 7.11 Å². The summed E-state index contributed by atoms with van der Waals surface area (Å²) in [5.74, 6) is 0.497. The first-order valence-corrected chi connectivity index (χ1v) is 9.72. The van der Waals surface area contributed by atoms with Crippen LogP contribution in [0.4, 0.5) is 0 Å². The van der Waals surface area contributed by atoms with Gasteiger partial charge < -0.3 is 14.7 Å². The van der Waals surface area contributed by atoms with E-state index in [1.165, 1.54) is 0 Å². The average Bonchev–Trinajstić information content (AvgIpc) is 2.88. The normalized spacial score (nSPS) is 18.8.